The number of methoxy groups -OCH3 is 3. The highest BCUT2D eigenvalue weighted by Crippen LogP contribution is 2.40. The second-order valence-electron chi connectivity index (χ2n) is 6.62. The molecule has 2 atom stereocenters. The van der Waals surface area contributed by atoms with Crippen LogP contribution in [0.2, 0.25) is 0 Å². The van der Waals surface area contributed by atoms with Crippen molar-refractivity contribution in [2.45, 2.75) is 17.7 Å². The number of anilines is 1. The maximum atomic E-state index is 13.0. The van der Waals surface area contributed by atoms with Crippen molar-refractivity contribution in [1.29, 1.82) is 0 Å². The quantitative estimate of drug-likeness (QED) is 0.697. The molecule has 1 aliphatic heterocycles. The van der Waals surface area contributed by atoms with Crippen LogP contribution in [0.4, 0.5) is 10.1 Å². The number of hydrogen-bond acceptors (Lipinski definition) is 6. The first-order valence-electron chi connectivity index (χ1n) is 9.22. The van der Waals surface area contributed by atoms with E-state index >= 15 is 0 Å². The van der Waals surface area contributed by atoms with Gasteiger partial charge in [-0.05, 0) is 24.1 Å². The fourth-order valence-corrected chi connectivity index (χ4v) is 4.29. The molecule has 3 rings (SSSR count). The van der Waals surface area contributed by atoms with Crippen LogP contribution >= 0.6 is 11.8 Å². The van der Waals surface area contributed by atoms with Gasteiger partial charge in [0.1, 0.15) is 11.9 Å². The number of hydrogen-bond donors (Lipinski definition) is 2. The van der Waals surface area contributed by atoms with Gasteiger partial charge in [-0.15, -0.1) is 11.8 Å². The Hall–Kier alpha value is -2.94. The number of carbonyl (C=O) groups is 2. The van der Waals surface area contributed by atoms with E-state index in [1.54, 1.807) is 24.3 Å². The van der Waals surface area contributed by atoms with Crippen molar-refractivity contribution in [2.75, 3.05) is 32.4 Å². The largest absolute Gasteiger partial charge is 0.493 e. The Bertz CT molecular complexity index is 897. The molecule has 30 heavy (non-hydrogen) atoms. The minimum Gasteiger partial charge on any atom is -0.493 e. The molecule has 0 radical (unpaired) electrons. The summed E-state index contributed by atoms with van der Waals surface area (Å²) in [6.45, 7) is 0. The lowest BCUT2D eigenvalue weighted by atomic mass is 10.1. The molecular formula is C21H23FN2O5S. The van der Waals surface area contributed by atoms with E-state index in [1.807, 2.05) is 0 Å². The Morgan fingerprint density at radius 3 is 2.30 bits per heavy atom. The minimum absolute atomic E-state index is 0.222. The average molecular weight is 434 g/mol. The molecule has 160 valence electrons. The molecule has 0 bridgehead atoms. The number of thioether (sulfide) groups is 1. The number of ether oxygens (including phenoxy) is 3. The smallest absolute Gasteiger partial charge is 0.247 e. The second-order valence-corrected chi connectivity index (χ2v) is 7.85. The van der Waals surface area contributed by atoms with Gasteiger partial charge in [-0.2, -0.15) is 0 Å². The third-order valence-corrected chi connectivity index (χ3v) is 5.97. The molecule has 0 saturated carbocycles. The highest BCUT2D eigenvalue weighted by molar-refractivity contribution is 8.00. The van der Waals surface area contributed by atoms with Crippen LogP contribution in [-0.2, 0) is 16.0 Å². The Balaban J connectivity index is 1.63. The molecule has 1 fully saturated rings. The van der Waals surface area contributed by atoms with Gasteiger partial charge in [0.15, 0.2) is 11.5 Å². The van der Waals surface area contributed by atoms with Crippen molar-refractivity contribution < 1.29 is 28.2 Å². The Labute approximate surface area is 178 Å². The predicted octanol–water partition coefficient (Wildman–Crippen LogP) is 2.63. The van der Waals surface area contributed by atoms with E-state index in [-0.39, 0.29) is 22.9 Å². The van der Waals surface area contributed by atoms with Crippen LogP contribution in [0, 0.1) is 5.82 Å². The predicted molar refractivity (Wildman–Crippen MR) is 113 cm³/mol. The van der Waals surface area contributed by atoms with Gasteiger partial charge in [0.2, 0.25) is 17.6 Å². The van der Waals surface area contributed by atoms with Crippen molar-refractivity contribution >= 4 is 29.3 Å². The van der Waals surface area contributed by atoms with Gasteiger partial charge in [0.25, 0.3) is 0 Å². The number of rotatable bonds is 7. The highest BCUT2D eigenvalue weighted by Gasteiger charge is 2.32. The minimum atomic E-state index is -0.675. The van der Waals surface area contributed by atoms with Crippen LogP contribution in [0.5, 0.6) is 17.2 Å². The zero-order valence-corrected chi connectivity index (χ0v) is 17.7. The monoisotopic (exact) mass is 434 g/mol. The first-order chi connectivity index (χ1) is 14.4. The standard InChI is InChI=1S/C21H23FN2O5S/c1-27-16-9-14(10-17(28-2)19(16)29-3)23-20(25)15-11-30-18(21(26)24-15)8-12-4-6-13(22)7-5-12/h4-7,9-10,15,18H,8,11H2,1-3H3,(H,23,25)(H,24,26)/t15-,18+/m0/s1. The van der Waals surface area contributed by atoms with Gasteiger partial charge in [-0.1, -0.05) is 12.1 Å². The summed E-state index contributed by atoms with van der Waals surface area (Å²) >= 11 is 1.40. The van der Waals surface area contributed by atoms with E-state index in [9.17, 15) is 14.0 Å². The molecule has 7 nitrogen and oxygen atoms in total. The summed E-state index contributed by atoms with van der Waals surface area (Å²) in [5.74, 6) is 0.785. The second kappa shape index (κ2) is 9.71. The molecule has 1 saturated heterocycles. The van der Waals surface area contributed by atoms with Gasteiger partial charge >= 0.3 is 0 Å². The summed E-state index contributed by atoms with van der Waals surface area (Å²) in [6, 6.07) is 8.62. The fourth-order valence-electron chi connectivity index (χ4n) is 3.10. The summed E-state index contributed by atoms with van der Waals surface area (Å²) in [5.41, 5.74) is 1.33. The molecule has 2 aromatic rings. The molecule has 1 heterocycles. The van der Waals surface area contributed by atoms with Crippen molar-refractivity contribution in [3.63, 3.8) is 0 Å². The summed E-state index contributed by atoms with van der Waals surface area (Å²) in [5, 5.41) is 5.21. The molecule has 0 aromatic heterocycles. The van der Waals surface area contributed by atoms with Crippen molar-refractivity contribution in [3.8, 4) is 17.2 Å². The van der Waals surface area contributed by atoms with Crippen LogP contribution in [0.25, 0.3) is 0 Å². The lowest BCUT2D eigenvalue weighted by Crippen LogP contribution is -2.52. The van der Waals surface area contributed by atoms with E-state index < -0.39 is 6.04 Å². The Morgan fingerprint density at radius 1 is 1.13 bits per heavy atom. The van der Waals surface area contributed by atoms with Crippen LogP contribution in [0.3, 0.4) is 0 Å². The van der Waals surface area contributed by atoms with E-state index in [2.05, 4.69) is 10.6 Å². The zero-order chi connectivity index (χ0) is 21.7. The van der Waals surface area contributed by atoms with Crippen LogP contribution in [0.15, 0.2) is 36.4 Å². The Kier molecular flexibility index (Phi) is 7.04. The first kappa shape index (κ1) is 21.8. The molecule has 9 heteroatoms. The number of benzene rings is 2. The third kappa shape index (κ3) is 4.96. The Morgan fingerprint density at radius 2 is 1.77 bits per heavy atom. The SMILES string of the molecule is COc1cc(NC(=O)[C@@H]2CS[C@H](Cc3ccc(F)cc3)C(=O)N2)cc(OC)c1OC. The molecule has 0 unspecified atom stereocenters. The maximum absolute atomic E-state index is 13.0. The van der Waals surface area contributed by atoms with Gasteiger partial charge in [-0.3, -0.25) is 9.59 Å². The summed E-state index contributed by atoms with van der Waals surface area (Å²) in [6.07, 6.45) is 0.470. The molecule has 1 aliphatic rings. The third-order valence-electron chi connectivity index (χ3n) is 4.66. The number of halogens is 1. The van der Waals surface area contributed by atoms with E-state index in [0.29, 0.717) is 35.1 Å². The van der Waals surface area contributed by atoms with Gasteiger partial charge in [0, 0.05) is 23.6 Å². The van der Waals surface area contributed by atoms with Crippen molar-refractivity contribution in [1.82, 2.24) is 5.32 Å². The lowest BCUT2D eigenvalue weighted by Gasteiger charge is -2.28. The van der Waals surface area contributed by atoms with Crippen molar-refractivity contribution in [3.05, 3.63) is 47.8 Å². The molecule has 2 N–H and O–H groups in total. The topological polar surface area (TPSA) is 85.9 Å². The summed E-state index contributed by atoms with van der Waals surface area (Å²) < 4.78 is 28.9. The molecule has 0 aliphatic carbocycles. The van der Waals surface area contributed by atoms with Gasteiger partial charge in [0.05, 0.1) is 26.6 Å². The van der Waals surface area contributed by atoms with Crippen molar-refractivity contribution in [2.24, 2.45) is 0 Å². The lowest BCUT2D eigenvalue weighted by molar-refractivity contribution is -0.126. The first-order valence-corrected chi connectivity index (χ1v) is 10.3. The highest BCUT2D eigenvalue weighted by atomic mass is 32.2. The average Bonchev–Trinajstić information content (AvgIpc) is 2.75. The molecule has 0 spiro atoms. The van der Waals surface area contributed by atoms with Crippen LogP contribution < -0.4 is 24.8 Å². The van der Waals surface area contributed by atoms with Crippen LogP contribution in [-0.4, -0.2) is 50.2 Å². The normalized spacial score (nSPS) is 18.3. The van der Waals surface area contributed by atoms with E-state index in [4.69, 9.17) is 14.2 Å². The van der Waals surface area contributed by atoms with Crippen LogP contribution in [0.1, 0.15) is 5.56 Å². The molecule has 2 aromatic carbocycles. The number of nitrogens with one attached hydrogen (secondary N) is 2. The number of amides is 2. The molecule has 2 amide bonds. The summed E-state index contributed by atoms with van der Waals surface area (Å²) in [4.78, 5) is 25.2. The van der Waals surface area contributed by atoms with Gasteiger partial charge in [-0.25, -0.2) is 4.39 Å². The summed E-state index contributed by atoms with van der Waals surface area (Å²) in [7, 11) is 4.47. The van der Waals surface area contributed by atoms with E-state index in [0.717, 1.165) is 5.56 Å². The zero-order valence-electron chi connectivity index (χ0n) is 16.9. The number of carbonyl (C=O) groups excluding carboxylic acids is 2. The maximum Gasteiger partial charge on any atom is 0.247 e. The molecular weight excluding hydrogens is 411 g/mol. The van der Waals surface area contributed by atoms with E-state index in [1.165, 1.54) is 45.2 Å². The van der Waals surface area contributed by atoms with Gasteiger partial charge < -0.3 is 24.8 Å². The fraction of sp³-hybridized carbons (Fsp3) is 0.333.